The zero-order valence-electron chi connectivity index (χ0n) is 7.36. The molecule has 0 atom stereocenters. The molecule has 0 N–H and O–H groups in total. The van der Waals surface area contributed by atoms with Crippen LogP contribution >= 0.6 is 0 Å². The quantitative estimate of drug-likeness (QED) is 0.521. The number of hydrogen-bond acceptors (Lipinski definition) is 0. The molecule has 0 spiro atoms. The van der Waals surface area contributed by atoms with E-state index in [0.717, 1.165) is 0 Å². The van der Waals surface area contributed by atoms with E-state index in [1.165, 1.54) is 6.42 Å². The van der Waals surface area contributed by atoms with Crippen LogP contribution in [-0.2, 0) is 0 Å². The Balaban J connectivity index is 3.28. The molecule has 0 saturated carbocycles. The van der Waals surface area contributed by atoms with Crippen LogP contribution in [-0.4, -0.2) is 8.80 Å². The summed E-state index contributed by atoms with van der Waals surface area (Å²) in [7, 11) is -0.395. The van der Waals surface area contributed by atoms with Gasteiger partial charge in [-0.1, -0.05) is 33.9 Å². The van der Waals surface area contributed by atoms with Gasteiger partial charge in [-0.25, -0.2) is 0 Å². The first-order valence-electron chi connectivity index (χ1n) is 3.75. The lowest BCUT2D eigenvalue weighted by molar-refractivity contribution is 0.414. The van der Waals surface area contributed by atoms with Gasteiger partial charge in [0.2, 0.25) is 0 Å². The maximum Gasteiger partial charge on any atom is 0.0337 e. The van der Waals surface area contributed by atoms with Crippen LogP contribution in [0.2, 0.25) is 13.1 Å². The summed E-state index contributed by atoms with van der Waals surface area (Å²) in [4.78, 5) is 0. The fraction of sp³-hybridized carbons (Fsp3) is 0.875. The molecule has 0 aliphatic rings. The molecule has 1 radical (unpaired) electrons. The van der Waals surface area contributed by atoms with Gasteiger partial charge in [-0.15, -0.1) is 0 Å². The van der Waals surface area contributed by atoms with Crippen LogP contribution < -0.4 is 0 Å². The summed E-state index contributed by atoms with van der Waals surface area (Å²) in [5, 5.41) is 0. The third-order valence-electron chi connectivity index (χ3n) is 1.20. The van der Waals surface area contributed by atoms with Crippen molar-refractivity contribution in [1.82, 2.24) is 0 Å². The van der Waals surface area contributed by atoms with Gasteiger partial charge in [0, 0.05) is 8.80 Å². The van der Waals surface area contributed by atoms with Crippen LogP contribution in [0.25, 0.3) is 0 Å². The Hall–Kier alpha value is 0.217. The molecule has 55 valence electrons. The molecule has 0 amide bonds. The fourth-order valence-corrected chi connectivity index (χ4v) is 1.77. The molecule has 0 heterocycles. The molecule has 0 aromatic carbocycles. The summed E-state index contributed by atoms with van der Waals surface area (Å²) in [6.45, 7) is 11.6. The van der Waals surface area contributed by atoms with Crippen molar-refractivity contribution in [2.45, 2.75) is 40.3 Å². The first-order chi connectivity index (χ1) is 3.92. The average molecular weight is 143 g/mol. The standard InChI is InChI=1S/C8H19Si/c1-8(2,3)6-7-9(4)5/h7,9H,6H2,1-5H3. The van der Waals surface area contributed by atoms with Crippen molar-refractivity contribution in [2.75, 3.05) is 0 Å². The first kappa shape index (κ1) is 9.22. The SMILES string of the molecule is C[SiH](C)[CH]CC(C)(C)C. The monoisotopic (exact) mass is 143 g/mol. The van der Waals surface area contributed by atoms with E-state index in [-0.39, 0.29) is 0 Å². The minimum absolute atomic E-state index is 0.395. The average Bonchev–Trinajstić information content (AvgIpc) is 1.59. The maximum atomic E-state index is 2.51. The van der Waals surface area contributed by atoms with Crippen LogP contribution in [0.15, 0.2) is 0 Å². The molecular formula is C8H19Si. The van der Waals surface area contributed by atoms with E-state index in [2.05, 4.69) is 39.9 Å². The van der Waals surface area contributed by atoms with Crippen LogP contribution in [0.3, 0.4) is 0 Å². The first-order valence-corrected chi connectivity index (χ1v) is 6.73. The lowest BCUT2D eigenvalue weighted by atomic mass is 9.94. The Kier molecular flexibility index (Phi) is 3.48. The highest BCUT2D eigenvalue weighted by Crippen LogP contribution is 2.20. The van der Waals surface area contributed by atoms with Crippen LogP contribution in [0.4, 0.5) is 0 Å². The van der Waals surface area contributed by atoms with Gasteiger partial charge in [-0.3, -0.25) is 0 Å². The summed E-state index contributed by atoms with van der Waals surface area (Å²) in [6, 6.07) is 2.51. The van der Waals surface area contributed by atoms with Gasteiger partial charge in [0.05, 0.1) is 0 Å². The van der Waals surface area contributed by atoms with Crippen molar-refractivity contribution >= 4 is 8.80 Å². The van der Waals surface area contributed by atoms with Crippen molar-refractivity contribution in [3.8, 4) is 0 Å². The molecule has 0 aromatic heterocycles. The minimum atomic E-state index is -0.395. The van der Waals surface area contributed by atoms with Crippen LogP contribution in [0.1, 0.15) is 27.2 Å². The molecule has 0 rings (SSSR count). The van der Waals surface area contributed by atoms with Crippen molar-refractivity contribution in [2.24, 2.45) is 5.41 Å². The Morgan fingerprint density at radius 3 is 1.78 bits per heavy atom. The predicted octanol–water partition coefficient (Wildman–Crippen LogP) is 2.65. The molecule has 0 saturated heterocycles. The van der Waals surface area contributed by atoms with Gasteiger partial charge in [-0.2, -0.15) is 0 Å². The highest BCUT2D eigenvalue weighted by atomic mass is 28.3. The van der Waals surface area contributed by atoms with E-state index < -0.39 is 8.80 Å². The second kappa shape index (κ2) is 3.40. The number of hydrogen-bond donors (Lipinski definition) is 0. The largest absolute Gasteiger partial charge is 0.0720 e. The molecule has 0 aromatic rings. The highest BCUT2D eigenvalue weighted by Gasteiger charge is 2.10. The Bertz CT molecular complexity index is 69.1. The van der Waals surface area contributed by atoms with E-state index >= 15 is 0 Å². The van der Waals surface area contributed by atoms with Crippen molar-refractivity contribution in [3.63, 3.8) is 0 Å². The van der Waals surface area contributed by atoms with Crippen molar-refractivity contribution < 1.29 is 0 Å². The Labute approximate surface area is 61.3 Å². The predicted molar refractivity (Wildman–Crippen MR) is 47.2 cm³/mol. The van der Waals surface area contributed by atoms with Gasteiger partial charge in [0.25, 0.3) is 0 Å². The Morgan fingerprint density at radius 1 is 1.22 bits per heavy atom. The van der Waals surface area contributed by atoms with E-state index in [1.807, 2.05) is 0 Å². The molecule has 0 aliphatic carbocycles. The zero-order chi connectivity index (χ0) is 7.49. The third kappa shape index (κ3) is 8.22. The Morgan fingerprint density at radius 2 is 1.67 bits per heavy atom. The lowest BCUT2D eigenvalue weighted by Crippen LogP contribution is -2.11. The normalized spacial score (nSPS) is 12.7. The van der Waals surface area contributed by atoms with Crippen molar-refractivity contribution in [3.05, 3.63) is 6.04 Å². The van der Waals surface area contributed by atoms with E-state index in [0.29, 0.717) is 5.41 Å². The van der Waals surface area contributed by atoms with Gasteiger partial charge in [0.15, 0.2) is 0 Å². The molecule has 9 heavy (non-hydrogen) atoms. The number of rotatable bonds is 2. The molecule has 1 heteroatoms. The highest BCUT2D eigenvalue weighted by molar-refractivity contribution is 6.59. The van der Waals surface area contributed by atoms with Gasteiger partial charge >= 0.3 is 0 Å². The molecule has 0 unspecified atom stereocenters. The summed E-state index contributed by atoms with van der Waals surface area (Å²) in [6.07, 6.45) is 1.29. The fourth-order valence-electron chi connectivity index (χ4n) is 0.589. The van der Waals surface area contributed by atoms with Crippen LogP contribution in [0.5, 0.6) is 0 Å². The second-order valence-corrected chi connectivity index (χ2v) is 7.20. The lowest BCUT2D eigenvalue weighted by Gasteiger charge is -2.18. The van der Waals surface area contributed by atoms with E-state index in [1.54, 1.807) is 0 Å². The summed E-state index contributed by atoms with van der Waals surface area (Å²) < 4.78 is 0. The van der Waals surface area contributed by atoms with E-state index in [9.17, 15) is 0 Å². The van der Waals surface area contributed by atoms with Gasteiger partial charge in [0.1, 0.15) is 0 Å². The van der Waals surface area contributed by atoms with E-state index in [4.69, 9.17) is 0 Å². The van der Waals surface area contributed by atoms with Gasteiger partial charge in [-0.05, 0) is 17.9 Å². The summed E-state index contributed by atoms with van der Waals surface area (Å²) in [5.74, 6) is 0. The zero-order valence-corrected chi connectivity index (χ0v) is 8.52. The minimum Gasteiger partial charge on any atom is -0.0720 e. The van der Waals surface area contributed by atoms with Crippen LogP contribution in [0, 0.1) is 11.5 Å². The summed E-state index contributed by atoms with van der Waals surface area (Å²) in [5.41, 5.74) is 0.511. The summed E-state index contributed by atoms with van der Waals surface area (Å²) >= 11 is 0. The second-order valence-electron chi connectivity index (χ2n) is 4.24. The molecule has 0 bridgehead atoms. The molecule has 0 fully saturated rings. The maximum absolute atomic E-state index is 2.51. The molecule has 0 nitrogen and oxygen atoms in total. The molecule has 0 aliphatic heterocycles. The topological polar surface area (TPSA) is 0 Å². The molecular weight excluding hydrogens is 124 g/mol. The van der Waals surface area contributed by atoms with Gasteiger partial charge < -0.3 is 0 Å². The smallest absolute Gasteiger partial charge is 0.0337 e. The third-order valence-corrected chi connectivity index (χ3v) is 2.38. The van der Waals surface area contributed by atoms with Crippen molar-refractivity contribution in [1.29, 1.82) is 0 Å².